The smallest absolute Gasteiger partial charge is 0.343 e. The SMILES string of the molecule is C=CC=O.CCC(=O)OC(COC)COc1ccc(C(=O)Oc2ccc(CCOC)cc2)cc1.CCCc1ccc(C=O)cc1. The van der Waals surface area contributed by atoms with Crippen LogP contribution in [-0.4, -0.2) is 64.7 Å². The molecule has 0 spiro atoms. The number of allylic oxidation sites excluding steroid dienone is 1. The van der Waals surface area contributed by atoms with Crippen LogP contribution in [0.5, 0.6) is 11.5 Å². The number of carbonyl (C=O) groups excluding carboxylic acids is 4. The van der Waals surface area contributed by atoms with E-state index in [2.05, 4.69) is 13.5 Å². The third-order valence-corrected chi connectivity index (χ3v) is 5.94. The molecule has 9 heteroatoms. The lowest BCUT2D eigenvalue weighted by Crippen LogP contribution is -2.29. The summed E-state index contributed by atoms with van der Waals surface area (Å²) >= 11 is 0. The van der Waals surface area contributed by atoms with Gasteiger partial charge in [-0.05, 0) is 66.4 Å². The molecule has 3 aromatic carbocycles. The number of aldehydes is 2. The zero-order valence-corrected chi connectivity index (χ0v) is 26.6. The van der Waals surface area contributed by atoms with Crippen LogP contribution in [0.25, 0.3) is 0 Å². The van der Waals surface area contributed by atoms with Crippen LogP contribution in [0, 0.1) is 0 Å². The molecule has 3 rings (SSSR count). The molecule has 0 saturated carbocycles. The zero-order valence-electron chi connectivity index (χ0n) is 26.6. The Morgan fingerprint density at radius 3 is 1.87 bits per heavy atom. The van der Waals surface area contributed by atoms with E-state index in [0.29, 0.717) is 30.0 Å². The van der Waals surface area contributed by atoms with Crippen LogP contribution in [0.15, 0.2) is 85.5 Å². The van der Waals surface area contributed by atoms with E-state index in [1.54, 1.807) is 50.4 Å². The fraction of sp³-hybridized carbons (Fsp3) is 0.333. The first-order valence-corrected chi connectivity index (χ1v) is 14.7. The number of methoxy groups -OCH3 is 2. The molecule has 0 radical (unpaired) electrons. The number of aryl methyl sites for hydroxylation is 1. The number of rotatable bonds is 16. The van der Waals surface area contributed by atoms with E-state index in [4.69, 9.17) is 28.5 Å². The minimum Gasteiger partial charge on any atom is -0.490 e. The second-order valence-electron chi connectivity index (χ2n) is 9.51. The summed E-state index contributed by atoms with van der Waals surface area (Å²) in [5.41, 5.74) is 3.56. The molecule has 0 bridgehead atoms. The molecule has 0 saturated heterocycles. The average Bonchev–Trinajstić information content (AvgIpc) is 3.08. The summed E-state index contributed by atoms with van der Waals surface area (Å²) in [6.07, 6.45) is 5.54. The number of ether oxygens (including phenoxy) is 5. The van der Waals surface area contributed by atoms with E-state index < -0.39 is 12.1 Å². The number of benzene rings is 3. The van der Waals surface area contributed by atoms with Crippen molar-refractivity contribution < 1.29 is 42.9 Å². The number of carbonyl (C=O) groups is 4. The van der Waals surface area contributed by atoms with Gasteiger partial charge in [-0.2, -0.15) is 0 Å². The first-order valence-electron chi connectivity index (χ1n) is 14.7. The molecule has 0 amide bonds. The van der Waals surface area contributed by atoms with Gasteiger partial charge in [-0.3, -0.25) is 14.4 Å². The molecule has 0 fully saturated rings. The standard InChI is InChI=1S/C23H28O7.C10H12O.C3H4O/c1-4-22(24)29-21(15-27-3)16-28-19-11-7-18(8-12-19)23(25)30-20-9-5-17(6-10-20)13-14-26-2;1-2-3-9-4-6-10(8-11)7-5-9;1-2-3-4/h5-12,21H,4,13-16H2,1-3H3;4-8H,2-3H2,1H3;2-3H,1H2. The Bertz CT molecular complexity index is 1260. The molecule has 9 nitrogen and oxygen atoms in total. The molecule has 1 atom stereocenters. The van der Waals surface area contributed by atoms with Crippen LogP contribution in [0.4, 0.5) is 0 Å². The minimum absolute atomic E-state index is 0.152. The molecule has 242 valence electrons. The summed E-state index contributed by atoms with van der Waals surface area (Å²) in [7, 11) is 3.19. The van der Waals surface area contributed by atoms with Crippen LogP contribution < -0.4 is 9.47 Å². The van der Waals surface area contributed by atoms with Crippen molar-refractivity contribution in [3.63, 3.8) is 0 Å². The van der Waals surface area contributed by atoms with Crippen molar-refractivity contribution in [2.75, 3.05) is 34.0 Å². The highest BCUT2D eigenvalue weighted by Crippen LogP contribution is 2.17. The summed E-state index contributed by atoms with van der Waals surface area (Å²) in [5.74, 6) is 0.245. The molecule has 45 heavy (non-hydrogen) atoms. The molecular weight excluding hydrogens is 576 g/mol. The quantitative estimate of drug-likeness (QED) is 0.0792. The van der Waals surface area contributed by atoms with E-state index in [0.717, 1.165) is 36.7 Å². The lowest BCUT2D eigenvalue weighted by molar-refractivity contribution is -0.153. The molecule has 0 aliphatic rings. The van der Waals surface area contributed by atoms with Crippen LogP contribution in [0.2, 0.25) is 0 Å². The van der Waals surface area contributed by atoms with E-state index in [-0.39, 0.29) is 25.6 Å². The third kappa shape index (κ3) is 16.7. The average molecular weight is 621 g/mol. The van der Waals surface area contributed by atoms with Gasteiger partial charge in [0.1, 0.15) is 30.7 Å². The van der Waals surface area contributed by atoms with Crippen molar-refractivity contribution in [3.8, 4) is 11.5 Å². The van der Waals surface area contributed by atoms with Gasteiger partial charge in [-0.1, -0.05) is 63.2 Å². The fourth-order valence-corrected chi connectivity index (χ4v) is 3.61. The number of hydrogen-bond acceptors (Lipinski definition) is 9. The molecular formula is C36H44O9. The van der Waals surface area contributed by atoms with Gasteiger partial charge in [0.2, 0.25) is 0 Å². The highest BCUT2D eigenvalue weighted by atomic mass is 16.6. The van der Waals surface area contributed by atoms with Crippen molar-refractivity contribution in [2.45, 2.75) is 45.6 Å². The molecule has 0 N–H and O–H groups in total. The Hall–Kier alpha value is -4.60. The fourth-order valence-electron chi connectivity index (χ4n) is 3.61. The predicted octanol–water partition coefficient (Wildman–Crippen LogP) is 6.26. The number of esters is 2. The van der Waals surface area contributed by atoms with Crippen molar-refractivity contribution >= 4 is 24.5 Å². The van der Waals surface area contributed by atoms with Gasteiger partial charge in [0.25, 0.3) is 0 Å². The second kappa shape index (κ2) is 23.8. The zero-order chi connectivity index (χ0) is 33.3. The van der Waals surface area contributed by atoms with E-state index in [9.17, 15) is 14.4 Å². The Morgan fingerprint density at radius 2 is 1.36 bits per heavy atom. The van der Waals surface area contributed by atoms with Crippen molar-refractivity contribution in [3.05, 3.63) is 108 Å². The largest absolute Gasteiger partial charge is 0.490 e. The Balaban J connectivity index is 0.000000554. The van der Waals surface area contributed by atoms with Crippen LogP contribution >= 0.6 is 0 Å². The van der Waals surface area contributed by atoms with Crippen LogP contribution in [-0.2, 0) is 36.6 Å². The van der Waals surface area contributed by atoms with Crippen molar-refractivity contribution in [1.29, 1.82) is 0 Å². The van der Waals surface area contributed by atoms with Gasteiger partial charge in [-0.15, -0.1) is 0 Å². The topological polar surface area (TPSA) is 114 Å². The minimum atomic E-state index is -0.501. The summed E-state index contributed by atoms with van der Waals surface area (Å²) in [6, 6.07) is 21.6. The predicted molar refractivity (Wildman–Crippen MR) is 173 cm³/mol. The monoisotopic (exact) mass is 620 g/mol. The van der Waals surface area contributed by atoms with Crippen molar-refractivity contribution in [1.82, 2.24) is 0 Å². The normalized spacial score (nSPS) is 10.5. The summed E-state index contributed by atoms with van der Waals surface area (Å²) in [6.45, 7) is 8.01. The highest BCUT2D eigenvalue weighted by molar-refractivity contribution is 5.91. The summed E-state index contributed by atoms with van der Waals surface area (Å²) in [5, 5.41) is 0. The molecule has 3 aromatic rings. The maximum atomic E-state index is 12.3. The third-order valence-electron chi connectivity index (χ3n) is 5.94. The van der Waals surface area contributed by atoms with Gasteiger partial charge in [0, 0.05) is 26.2 Å². The maximum absolute atomic E-state index is 12.3. The van der Waals surface area contributed by atoms with E-state index >= 15 is 0 Å². The van der Waals surface area contributed by atoms with Gasteiger partial charge >= 0.3 is 11.9 Å². The lowest BCUT2D eigenvalue weighted by Gasteiger charge is -2.17. The lowest BCUT2D eigenvalue weighted by atomic mass is 10.1. The van der Waals surface area contributed by atoms with Crippen LogP contribution in [0.1, 0.15) is 58.5 Å². The summed E-state index contributed by atoms with van der Waals surface area (Å²) < 4.78 is 26.4. The Kier molecular flexibility index (Phi) is 20.3. The molecule has 0 aromatic heterocycles. The number of hydrogen-bond donors (Lipinski definition) is 0. The first-order chi connectivity index (χ1) is 21.8. The Morgan fingerprint density at radius 1 is 0.778 bits per heavy atom. The van der Waals surface area contributed by atoms with E-state index in [1.165, 1.54) is 18.7 Å². The van der Waals surface area contributed by atoms with Gasteiger partial charge < -0.3 is 23.7 Å². The molecule has 0 heterocycles. The van der Waals surface area contributed by atoms with Gasteiger partial charge in [-0.25, -0.2) is 4.79 Å². The highest BCUT2D eigenvalue weighted by Gasteiger charge is 2.15. The van der Waals surface area contributed by atoms with Crippen LogP contribution in [0.3, 0.4) is 0 Å². The summed E-state index contributed by atoms with van der Waals surface area (Å²) in [4.78, 5) is 43.1. The molecule has 0 aliphatic carbocycles. The van der Waals surface area contributed by atoms with E-state index in [1.807, 2.05) is 36.4 Å². The van der Waals surface area contributed by atoms with Gasteiger partial charge in [0.15, 0.2) is 6.10 Å². The maximum Gasteiger partial charge on any atom is 0.343 e. The molecule has 0 aliphatic heterocycles. The van der Waals surface area contributed by atoms with Gasteiger partial charge in [0.05, 0.1) is 18.8 Å². The van der Waals surface area contributed by atoms with Crippen molar-refractivity contribution in [2.24, 2.45) is 0 Å². The second-order valence-corrected chi connectivity index (χ2v) is 9.51. The first kappa shape index (κ1) is 38.4. The molecule has 1 unspecified atom stereocenters. The Labute approximate surface area is 266 Å².